The largest absolute Gasteiger partial charge is 0.351 e. The van der Waals surface area contributed by atoms with Gasteiger partial charge in [-0.1, -0.05) is 17.7 Å². The van der Waals surface area contributed by atoms with E-state index in [0.29, 0.717) is 17.0 Å². The van der Waals surface area contributed by atoms with Gasteiger partial charge >= 0.3 is 0 Å². The third-order valence-electron chi connectivity index (χ3n) is 3.50. The van der Waals surface area contributed by atoms with Crippen LogP contribution >= 0.6 is 11.6 Å². The summed E-state index contributed by atoms with van der Waals surface area (Å²) in [4.78, 5) is 13.5. The zero-order valence-corrected chi connectivity index (χ0v) is 13.8. The molecule has 0 radical (unpaired) electrons. The summed E-state index contributed by atoms with van der Waals surface area (Å²) >= 11 is 5.95. The Morgan fingerprint density at radius 3 is 2.82 bits per heavy atom. The molecule has 1 N–H and O–H groups in total. The van der Waals surface area contributed by atoms with Crippen molar-refractivity contribution in [2.45, 2.75) is 19.0 Å². The van der Waals surface area contributed by atoms with Crippen LogP contribution in [-0.2, 0) is 21.2 Å². The summed E-state index contributed by atoms with van der Waals surface area (Å²) in [5.41, 5.74) is 0.336. The van der Waals surface area contributed by atoms with Crippen molar-refractivity contribution in [3.8, 4) is 0 Å². The van der Waals surface area contributed by atoms with Gasteiger partial charge in [0, 0.05) is 23.2 Å². The van der Waals surface area contributed by atoms with Crippen molar-refractivity contribution in [3.63, 3.8) is 0 Å². The van der Waals surface area contributed by atoms with E-state index in [0.717, 1.165) is 0 Å². The molecular formula is C14H18ClFN2O3S. The van der Waals surface area contributed by atoms with Crippen LogP contribution in [0.3, 0.4) is 0 Å². The maximum atomic E-state index is 13.7. The number of likely N-dealkylation sites (N-methyl/N-ethyl adjacent to an activating group) is 1. The average molecular weight is 349 g/mol. The third kappa shape index (κ3) is 4.66. The predicted octanol–water partition coefficient (Wildman–Crippen LogP) is 1.21. The lowest BCUT2D eigenvalue weighted by Gasteiger charge is -2.19. The first-order chi connectivity index (χ1) is 10.3. The Labute approximate surface area is 134 Å². The van der Waals surface area contributed by atoms with Crippen molar-refractivity contribution < 1.29 is 17.6 Å². The minimum Gasteiger partial charge on any atom is -0.351 e. The molecule has 8 heteroatoms. The van der Waals surface area contributed by atoms with Gasteiger partial charge < -0.3 is 5.32 Å². The fourth-order valence-corrected chi connectivity index (χ4v) is 4.33. The lowest BCUT2D eigenvalue weighted by atomic mass is 10.2. The summed E-state index contributed by atoms with van der Waals surface area (Å²) in [5.74, 6) is -0.598. The number of carbonyl (C=O) groups excluding carboxylic acids is 1. The van der Waals surface area contributed by atoms with Gasteiger partial charge in [-0.3, -0.25) is 9.69 Å². The summed E-state index contributed by atoms with van der Waals surface area (Å²) in [6.45, 7) is 0.239. The molecule has 0 bridgehead atoms. The lowest BCUT2D eigenvalue weighted by molar-refractivity contribution is -0.122. The summed E-state index contributed by atoms with van der Waals surface area (Å²) < 4.78 is 36.4. The molecule has 1 aliphatic heterocycles. The highest BCUT2D eigenvalue weighted by Gasteiger charge is 2.29. The van der Waals surface area contributed by atoms with Gasteiger partial charge in [0.15, 0.2) is 9.84 Å². The Bertz CT molecular complexity index is 646. The van der Waals surface area contributed by atoms with Crippen molar-refractivity contribution in [1.29, 1.82) is 0 Å². The van der Waals surface area contributed by atoms with Crippen molar-refractivity contribution in [2.24, 2.45) is 0 Å². The van der Waals surface area contributed by atoms with Gasteiger partial charge in [-0.25, -0.2) is 12.8 Å². The summed E-state index contributed by atoms with van der Waals surface area (Å²) in [5, 5.41) is 3.01. The molecule has 1 saturated heterocycles. The molecule has 5 nitrogen and oxygen atoms in total. The van der Waals surface area contributed by atoms with Gasteiger partial charge in [0.05, 0.1) is 18.1 Å². The van der Waals surface area contributed by atoms with E-state index in [1.807, 2.05) is 0 Å². The van der Waals surface area contributed by atoms with E-state index in [1.165, 1.54) is 12.1 Å². The van der Waals surface area contributed by atoms with Gasteiger partial charge in [0.2, 0.25) is 5.91 Å². The van der Waals surface area contributed by atoms with E-state index in [4.69, 9.17) is 11.6 Å². The van der Waals surface area contributed by atoms with Gasteiger partial charge in [-0.2, -0.15) is 0 Å². The first kappa shape index (κ1) is 17.2. The highest BCUT2D eigenvalue weighted by molar-refractivity contribution is 7.91. The van der Waals surface area contributed by atoms with E-state index in [-0.39, 0.29) is 36.5 Å². The number of benzene rings is 1. The number of nitrogens with one attached hydrogen (secondary N) is 1. The topological polar surface area (TPSA) is 66.5 Å². The molecule has 0 aliphatic carbocycles. The number of nitrogens with zero attached hydrogens (tertiary/aromatic N) is 1. The Morgan fingerprint density at radius 2 is 2.23 bits per heavy atom. The third-order valence-corrected chi connectivity index (χ3v) is 5.62. The van der Waals surface area contributed by atoms with Crippen LogP contribution < -0.4 is 5.32 Å². The van der Waals surface area contributed by atoms with Crippen LogP contribution in [0.1, 0.15) is 12.0 Å². The number of carbonyl (C=O) groups is 1. The standard InChI is InChI=1S/C14H18ClFN2O3S/c1-18(7-11-12(15)3-2-4-13(11)16)8-14(19)17-10-5-6-22(20,21)9-10/h2-4,10H,5-9H2,1H3,(H,17,19). The minimum absolute atomic E-state index is 0.0123. The number of amides is 1. The molecule has 1 heterocycles. The van der Waals surface area contributed by atoms with E-state index < -0.39 is 15.7 Å². The molecule has 22 heavy (non-hydrogen) atoms. The Morgan fingerprint density at radius 1 is 1.50 bits per heavy atom. The minimum atomic E-state index is -3.02. The van der Waals surface area contributed by atoms with E-state index in [1.54, 1.807) is 18.0 Å². The Kier molecular flexibility index (Phi) is 5.41. The molecule has 1 aliphatic rings. The summed E-state index contributed by atoms with van der Waals surface area (Å²) in [6, 6.07) is 4.10. The quantitative estimate of drug-likeness (QED) is 0.868. The van der Waals surface area contributed by atoms with Crippen LogP contribution in [0.25, 0.3) is 0 Å². The van der Waals surface area contributed by atoms with Crippen LogP contribution in [0.5, 0.6) is 0 Å². The first-order valence-electron chi connectivity index (χ1n) is 6.88. The van der Waals surface area contributed by atoms with Crippen LogP contribution in [0.15, 0.2) is 18.2 Å². The zero-order valence-electron chi connectivity index (χ0n) is 12.2. The number of rotatable bonds is 5. The second-order valence-electron chi connectivity index (χ2n) is 5.54. The SMILES string of the molecule is CN(CC(=O)NC1CCS(=O)(=O)C1)Cc1c(F)cccc1Cl. The fourth-order valence-electron chi connectivity index (χ4n) is 2.44. The molecule has 1 fully saturated rings. The number of hydrogen-bond acceptors (Lipinski definition) is 4. The van der Waals surface area contributed by atoms with Crippen LogP contribution in [0.2, 0.25) is 5.02 Å². The van der Waals surface area contributed by atoms with E-state index in [2.05, 4.69) is 5.32 Å². The molecule has 122 valence electrons. The fraction of sp³-hybridized carbons (Fsp3) is 0.500. The Hall–Kier alpha value is -1.18. The maximum absolute atomic E-state index is 13.7. The Balaban J connectivity index is 1.87. The smallest absolute Gasteiger partial charge is 0.234 e. The van der Waals surface area contributed by atoms with Gasteiger partial charge in [-0.05, 0) is 25.6 Å². The maximum Gasteiger partial charge on any atom is 0.234 e. The van der Waals surface area contributed by atoms with Gasteiger partial charge in [0.25, 0.3) is 0 Å². The van der Waals surface area contributed by atoms with Crippen molar-refractivity contribution in [2.75, 3.05) is 25.1 Å². The van der Waals surface area contributed by atoms with Gasteiger partial charge in [-0.15, -0.1) is 0 Å². The molecule has 1 aromatic rings. The number of hydrogen-bond donors (Lipinski definition) is 1. The molecule has 0 aromatic heterocycles. The van der Waals surface area contributed by atoms with E-state index >= 15 is 0 Å². The second-order valence-corrected chi connectivity index (χ2v) is 8.18. The van der Waals surface area contributed by atoms with Crippen LogP contribution in [0.4, 0.5) is 4.39 Å². The van der Waals surface area contributed by atoms with Crippen LogP contribution in [-0.4, -0.2) is 50.4 Å². The number of sulfone groups is 1. The normalized spacial score (nSPS) is 20.3. The lowest BCUT2D eigenvalue weighted by Crippen LogP contribution is -2.41. The summed E-state index contributed by atoms with van der Waals surface area (Å²) in [7, 11) is -1.35. The summed E-state index contributed by atoms with van der Waals surface area (Å²) in [6.07, 6.45) is 0.441. The molecule has 1 aromatic carbocycles. The second kappa shape index (κ2) is 6.93. The zero-order chi connectivity index (χ0) is 16.3. The average Bonchev–Trinajstić information content (AvgIpc) is 2.73. The highest BCUT2D eigenvalue weighted by Crippen LogP contribution is 2.20. The molecule has 2 rings (SSSR count). The first-order valence-corrected chi connectivity index (χ1v) is 9.08. The molecule has 0 saturated carbocycles. The molecular weight excluding hydrogens is 331 g/mol. The number of halogens is 2. The molecule has 1 amide bonds. The van der Waals surface area contributed by atoms with Crippen molar-refractivity contribution in [3.05, 3.63) is 34.6 Å². The molecule has 0 spiro atoms. The van der Waals surface area contributed by atoms with Crippen molar-refractivity contribution >= 4 is 27.3 Å². The van der Waals surface area contributed by atoms with Gasteiger partial charge in [0.1, 0.15) is 5.82 Å². The molecule has 1 atom stereocenters. The van der Waals surface area contributed by atoms with Crippen LogP contribution in [0, 0.1) is 5.82 Å². The molecule has 1 unspecified atom stereocenters. The predicted molar refractivity (Wildman–Crippen MR) is 82.9 cm³/mol. The monoisotopic (exact) mass is 348 g/mol. The van der Waals surface area contributed by atoms with E-state index in [9.17, 15) is 17.6 Å². The highest BCUT2D eigenvalue weighted by atomic mass is 35.5. The van der Waals surface area contributed by atoms with Crippen molar-refractivity contribution in [1.82, 2.24) is 10.2 Å².